The molecule has 1 aliphatic heterocycles. The van der Waals surface area contributed by atoms with Gasteiger partial charge in [0.25, 0.3) is 0 Å². The predicted molar refractivity (Wildman–Crippen MR) is 50.6 cm³/mol. The molecule has 1 N–H and O–H groups in total. The first-order valence-electron chi connectivity index (χ1n) is 4.91. The number of carbonyl (C=O) groups is 1. The summed E-state index contributed by atoms with van der Waals surface area (Å²) in [6, 6.07) is 0. The van der Waals surface area contributed by atoms with Crippen LogP contribution < -0.4 is 5.32 Å². The molecule has 0 unspecified atom stereocenters. The highest BCUT2D eigenvalue weighted by atomic mass is 16.5. The molecule has 0 atom stereocenters. The average Bonchev–Trinajstić information content (AvgIpc) is 2.32. The van der Waals surface area contributed by atoms with E-state index in [0.717, 1.165) is 32.8 Å². The van der Waals surface area contributed by atoms with Gasteiger partial charge in [-0.1, -0.05) is 0 Å². The Morgan fingerprint density at radius 3 is 3.15 bits per heavy atom. The Labute approximate surface area is 79.2 Å². The number of nitrogens with one attached hydrogen (secondary N) is 1. The second-order valence-corrected chi connectivity index (χ2v) is 3.08. The van der Waals surface area contributed by atoms with E-state index in [2.05, 4.69) is 5.32 Å². The van der Waals surface area contributed by atoms with Crippen molar-refractivity contribution in [1.29, 1.82) is 0 Å². The third-order valence-corrected chi connectivity index (χ3v) is 2.14. The summed E-state index contributed by atoms with van der Waals surface area (Å²) in [5.74, 6) is 0.240. The third-order valence-electron chi connectivity index (χ3n) is 2.14. The Kier molecular flexibility index (Phi) is 4.78. The number of rotatable bonds is 4. The van der Waals surface area contributed by atoms with Crippen LogP contribution in [0.4, 0.5) is 0 Å². The minimum Gasteiger partial charge on any atom is -0.380 e. The Bertz CT molecular complexity index is 162. The van der Waals surface area contributed by atoms with Gasteiger partial charge in [0.2, 0.25) is 5.91 Å². The van der Waals surface area contributed by atoms with Crippen LogP contribution in [0.5, 0.6) is 0 Å². The summed E-state index contributed by atoms with van der Waals surface area (Å²) in [6.07, 6.45) is 0.617. The molecule has 0 aromatic carbocycles. The summed E-state index contributed by atoms with van der Waals surface area (Å²) >= 11 is 0. The first kappa shape index (κ1) is 10.5. The summed E-state index contributed by atoms with van der Waals surface area (Å²) in [5.41, 5.74) is 0. The molecule has 0 aliphatic carbocycles. The number of carbonyl (C=O) groups excluding carboxylic acids is 1. The van der Waals surface area contributed by atoms with Gasteiger partial charge in [-0.3, -0.25) is 4.79 Å². The smallest absolute Gasteiger partial charge is 0.223 e. The molecule has 0 aromatic rings. The molecular formula is C9H18N2O2. The molecule has 1 aliphatic rings. The highest BCUT2D eigenvalue weighted by molar-refractivity contribution is 5.76. The van der Waals surface area contributed by atoms with Crippen molar-refractivity contribution < 1.29 is 9.53 Å². The molecule has 13 heavy (non-hydrogen) atoms. The van der Waals surface area contributed by atoms with Gasteiger partial charge in [0.1, 0.15) is 0 Å². The first-order chi connectivity index (χ1) is 6.34. The standard InChI is InChI=1S/C9H18N2O2/c1-2-13-8-7-11-6-5-10-4-3-9(11)12/h10H,2-8H2,1H3. The van der Waals surface area contributed by atoms with Crippen molar-refractivity contribution >= 4 is 5.91 Å². The zero-order valence-corrected chi connectivity index (χ0v) is 8.21. The van der Waals surface area contributed by atoms with Crippen LogP contribution in [0.2, 0.25) is 0 Å². The number of hydrogen-bond donors (Lipinski definition) is 1. The van der Waals surface area contributed by atoms with Crippen LogP contribution in [0.15, 0.2) is 0 Å². The van der Waals surface area contributed by atoms with E-state index in [0.29, 0.717) is 13.0 Å². The van der Waals surface area contributed by atoms with Crippen molar-refractivity contribution in [1.82, 2.24) is 10.2 Å². The average molecular weight is 186 g/mol. The second-order valence-electron chi connectivity index (χ2n) is 3.08. The maximum absolute atomic E-state index is 11.4. The molecular weight excluding hydrogens is 168 g/mol. The summed E-state index contributed by atoms with van der Waals surface area (Å²) < 4.78 is 5.21. The van der Waals surface area contributed by atoms with E-state index in [-0.39, 0.29) is 5.91 Å². The van der Waals surface area contributed by atoms with Crippen LogP contribution in [0.25, 0.3) is 0 Å². The SMILES string of the molecule is CCOCCN1CCNCCC1=O. The quantitative estimate of drug-likeness (QED) is 0.621. The fraction of sp³-hybridized carbons (Fsp3) is 0.889. The summed E-state index contributed by atoms with van der Waals surface area (Å²) in [5, 5.41) is 3.19. The lowest BCUT2D eigenvalue weighted by Crippen LogP contribution is -2.35. The monoisotopic (exact) mass is 186 g/mol. The van der Waals surface area contributed by atoms with Crippen LogP contribution in [0.1, 0.15) is 13.3 Å². The molecule has 4 heteroatoms. The zero-order chi connectivity index (χ0) is 9.52. The van der Waals surface area contributed by atoms with E-state index in [1.807, 2.05) is 11.8 Å². The van der Waals surface area contributed by atoms with Gasteiger partial charge in [-0.05, 0) is 6.92 Å². The molecule has 0 radical (unpaired) electrons. The van der Waals surface area contributed by atoms with Crippen molar-refractivity contribution in [3.63, 3.8) is 0 Å². The molecule has 0 spiro atoms. The highest BCUT2D eigenvalue weighted by Crippen LogP contribution is 1.97. The van der Waals surface area contributed by atoms with Gasteiger partial charge in [0.05, 0.1) is 6.61 Å². The van der Waals surface area contributed by atoms with Crippen LogP contribution in [-0.4, -0.2) is 50.2 Å². The van der Waals surface area contributed by atoms with Gasteiger partial charge < -0.3 is 15.0 Å². The van der Waals surface area contributed by atoms with Crippen molar-refractivity contribution in [2.75, 3.05) is 39.4 Å². The van der Waals surface area contributed by atoms with Gasteiger partial charge in [-0.2, -0.15) is 0 Å². The number of nitrogens with zero attached hydrogens (tertiary/aromatic N) is 1. The molecule has 0 aromatic heterocycles. The van der Waals surface area contributed by atoms with Gasteiger partial charge in [0, 0.05) is 39.2 Å². The van der Waals surface area contributed by atoms with Crippen molar-refractivity contribution in [3.8, 4) is 0 Å². The fourth-order valence-electron chi connectivity index (χ4n) is 1.37. The number of amides is 1. The highest BCUT2D eigenvalue weighted by Gasteiger charge is 2.14. The second kappa shape index (κ2) is 5.94. The lowest BCUT2D eigenvalue weighted by molar-refractivity contribution is -0.131. The molecule has 76 valence electrons. The Hall–Kier alpha value is -0.610. The van der Waals surface area contributed by atoms with E-state index in [4.69, 9.17) is 4.74 Å². The molecule has 0 bridgehead atoms. The molecule has 1 amide bonds. The van der Waals surface area contributed by atoms with Crippen molar-refractivity contribution in [2.45, 2.75) is 13.3 Å². The van der Waals surface area contributed by atoms with Crippen molar-refractivity contribution in [3.05, 3.63) is 0 Å². The molecule has 4 nitrogen and oxygen atoms in total. The normalized spacial score (nSPS) is 18.8. The molecule has 1 fully saturated rings. The summed E-state index contributed by atoms with van der Waals surface area (Å²) in [4.78, 5) is 13.3. The van der Waals surface area contributed by atoms with Crippen LogP contribution in [-0.2, 0) is 9.53 Å². The van der Waals surface area contributed by atoms with Gasteiger partial charge >= 0.3 is 0 Å². The zero-order valence-electron chi connectivity index (χ0n) is 8.21. The van der Waals surface area contributed by atoms with E-state index < -0.39 is 0 Å². The minimum atomic E-state index is 0.240. The molecule has 1 saturated heterocycles. The molecule has 1 heterocycles. The molecule has 1 rings (SSSR count). The van der Waals surface area contributed by atoms with E-state index in [1.54, 1.807) is 0 Å². The Morgan fingerprint density at radius 1 is 1.54 bits per heavy atom. The van der Waals surface area contributed by atoms with Gasteiger partial charge in [0.15, 0.2) is 0 Å². The third kappa shape index (κ3) is 3.74. The number of hydrogen-bond acceptors (Lipinski definition) is 3. The molecule has 0 saturated carbocycles. The van der Waals surface area contributed by atoms with Gasteiger partial charge in [-0.25, -0.2) is 0 Å². The number of ether oxygens (including phenoxy) is 1. The van der Waals surface area contributed by atoms with Crippen LogP contribution in [0.3, 0.4) is 0 Å². The lowest BCUT2D eigenvalue weighted by atomic mass is 10.4. The summed E-state index contributed by atoms with van der Waals surface area (Å²) in [7, 11) is 0. The van der Waals surface area contributed by atoms with Gasteiger partial charge in [-0.15, -0.1) is 0 Å². The maximum Gasteiger partial charge on any atom is 0.223 e. The topological polar surface area (TPSA) is 41.6 Å². The van der Waals surface area contributed by atoms with Crippen molar-refractivity contribution in [2.24, 2.45) is 0 Å². The predicted octanol–water partition coefficient (Wildman–Crippen LogP) is -0.155. The summed E-state index contributed by atoms with van der Waals surface area (Å²) in [6.45, 7) is 6.59. The van der Waals surface area contributed by atoms with Crippen LogP contribution in [0, 0.1) is 0 Å². The minimum absolute atomic E-state index is 0.240. The van der Waals surface area contributed by atoms with Crippen LogP contribution >= 0.6 is 0 Å². The lowest BCUT2D eigenvalue weighted by Gasteiger charge is -2.19. The van der Waals surface area contributed by atoms with E-state index in [1.165, 1.54) is 0 Å². The maximum atomic E-state index is 11.4. The Balaban J connectivity index is 2.24. The van der Waals surface area contributed by atoms with E-state index >= 15 is 0 Å². The largest absolute Gasteiger partial charge is 0.380 e. The fourth-order valence-corrected chi connectivity index (χ4v) is 1.37. The van der Waals surface area contributed by atoms with E-state index in [9.17, 15) is 4.79 Å². The first-order valence-corrected chi connectivity index (χ1v) is 4.91. The Morgan fingerprint density at radius 2 is 2.38 bits per heavy atom.